The quantitative estimate of drug-likeness (QED) is 0.421. The van der Waals surface area contributed by atoms with Gasteiger partial charge in [-0.1, -0.05) is 6.07 Å². The van der Waals surface area contributed by atoms with Crippen LogP contribution in [0.3, 0.4) is 0 Å². The number of allylic oxidation sites excluding steroid dienone is 12. The van der Waals surface area contributed by atoms with Gasteiger partial charge in [-0.3, -0.25) is 0 Å². The van der Waals surface area contributed by atoms with E-state index in [-0.39, 0.29) is 0 Å². The van der Waals surface area contributed by atoms with Crippen LogP contribution in [0.15, 0.2) is 128 Å². The number of aliphatic imine (C=N–C) groups is 4. The minimum Gasteiger partial charge on any atom is -0.456 e. The van der Waals surface area contributed by atoms with Crippen molar-refractivity contribution in [2.24, 2.45) is 20.0 Å². The van der Waals surface area contributed by atoms with Crippen molar-refractivity contribution in [3.63, 3.8) is 0 Å². The van der Waals surface area contributed by atoms with Gasteiger partial charge in [0.05, 0.1) is 51.2 Å². The van der Waals surface area contributed by atoms with Crippen molar-refractivity contribution in [3.05, 3.63) is 119 Å². The summed E-state index contributed by atoms with van der Waals surface area (Å²) >= 11 is 0. The number of ether oxygens (including phenoxy) is 1. The van der Waals surface area contributed by atoms with Crippen LogP contribution in [0, 0.1) is 0 Å². The van der Waals surface area contributed by atoms with Gasteiger partial charge in [0.25, 0.3) is 0 Å². The van der Waals surface area contributed by atoms with Crippen molar-refractivity contribution in [1.82, 2.24) is 0 Å². The number of carbonyl (C=O) groups excluding carboxylic acids is 1. The highest BCUT2D eigenvalue weighted by atomic mass is 16.6. The molecule has 0 saturated heterocycles. The summed E-state index contributed by atoms with van der Waals surface area (Å²) in [7, 11) is 0. The van der Waals surface area contributed by atoms with E-state index in [0.29, 0.717) is 11.3 Å². The number of carbonyl (C=O) groups is 1. The standard InChI is InChI=1S/C31H25N5O2/c1-31(2,3)38-30(37)18-4-11-26(28(32)12-18)27-16-25-15-23-8-7-21(34-23)13-19-5-6-20(33-19)14-22-9-10-24(35-22)17-29(27)36-25/h4-17H,32H2,1-3H3. The van der Waals surface area contributed by atoms with Gasteiger partial charge in [0.1, 0.15) is 5.60 Å². The van der Waals surface area contributed by atoms with Gasteiger partial charge >= 0.3 is 5.97 Å². The average Bonchev–Trinajstić information content (AvgIpc) is 3.63. The lowest BCUT2D eigenvalue weighted by atomic mass is 9.98. The number of rotatable bonds is 2. The molecular formula is C31H25N5O2. The van der Waals surface area contributed by atoms with Crippen molar-refractivity contribution in [2.45, 2.75) is 26.4 Å². The topological polar surface area (TPSA) is 102 Å². The molecule has 0 spiro atoms. The van der Waals surface area contributed by atoms with Crippen LogP contribution in [0.4, 0.5) is 5.69 Å². The summed E-state index contributed by atoms with van der Waals surface area (Å²) in [6, 6.07) is 5.21. The summed E-state index contributed by atoms with van der Waals surface area (Å²) in [4.78, 5) is 31.5. The van der Waals surface area contributed by atoms with E-state index >= 15 is 0 Å². The second-order valence-corrected chi connectivity index (χ2v) is 10.2. The van der Waals surface area contributed by atoms with Crippen LogP contribution >= 0.6 is 0 Å². The van der Waals surface area contributed by atoms with Crippen molar-refractivity contribution >= 4 is 40.1 Å². The highest BCUT2D eigenvalue weighted by Crippen LogP contribution is 2.34. The molecule has 2 N–H and O–H groups in total. The van der Waals surface area contributed by atoms with E-state index in [1.807, 2.05) is 93.7 Å². The summed E-state index contributed by atoms with van der Waals surface area (Å²) in [6.45, 7) is 5.50. The summed E-state index contributed by atoms with van der Waals surface area (Å²) < 4.78 is 5.50. The smallest absolute Gasteiger partial charge is 0.338 e. The molecule has 6 rings (SSSR count). The van der Waals surface area contributed by atoms with Gasteiger partial charge in [-0.25, -0.2) is 24.8 Å². The Kier molecular flexibility index (Phi) is 5.49. The maximum absolute atomic E-state index is 12.6. The lowest BCUT2D eigenvalue weighted by molar-refractivity contribution is 0.00695. The lowest BCUT2D eigenvalue weighted by Crippen LogP contribution is -2.24. The second kappa shape index (κ2) is 8.88. The van der Waals surface area contributed by atoms with Crippen LogP contribution in [-0.2, 0) is 4.74 Å². The first kappa shape index (κ1) is 23.5. The predicted molar refractivity (Wildman–Crippen MR) is 153 cm³/mol. The van der Waals surface area contributed by atoms with Crippen LogP contribution in [0.1, 0.15) is 36.7 Å². The number of hydrogen-bond donors (Lipinski definition) is 1. The molecule has 1 aromatic carbocycles. The number of fused-ring (bicyclic) bond motifs is 4. The second-order valence-electron chi connectivity index (χ2n) is 10.2. The third-order valence-electron chi connectivity index (χ3n) is 6.02. The zero-order valence-corrected chi connectivity index (χ0v) is 21.3. The molecule has 0 aromatic heterocycles. The van der Waals surface area contributed by atoms with E-state index in [9.17, 15) is 4.79 Å². The van der Waals surface area contributed by atoms with Gasteiger partial charge in [0, 0.05) is 16.8 Å². The Bertz CT molecular complexity index is 1670. The number of nitrogen functional groups attached to an aromatic ring is 1. The number of benzene rings is 1. The minimum absolute atomic E-state index is 0.398. The van der Waals surface area contributed by atoms with E-state index < -0.39 is 11.6 Å². The highest BCUT2D eigenvalue weighted by molar-refractivity contribution is 6.19. The van der Waals surface area contributed by atoms with E-state index in [2.05, 4.69) is 4.99 Å². The maximum atomic E-state index is 12.6. The van der Waals surface area contributed by atoms with Crippen LogP contribution in [0.2, 0.25) is 0 Å². The van der Waals surface area contributed by atoms with Crippen molar-refractivity contribution < 1.29 is 9.53 Å². The molecule has 8 bridgehead atoms. The molecule has 0 fully saturated rings. The molecular weight excluding hydrogens is 474 g/mol. The van der Waals surface area contributed by atoms with Gasteiger partial charge < -0.3 is 10.5 Å². The molecule has 1 aromatic rings. The maximum Gasteiger partial charge on any atom is 0.338 e. The molecule has 0 atom stereocenters. The summed E-state index contributed by atoms with van der Waals surface area (Å²) in [5.74, 6) is -0.416. The summed E-state index contributed by atoms with van der Waals surface area (Å²) in [6.07, 6.45) is 21.4. The van der Waals surface area contributed by atoms with Crippen molar-refractivity contribution in [2.75, 3.05) is 5.73 Å². The predicted octanol–water partition coefficient (Wildman–Crippen LogP) is 5.64. The number of hydrogen-bond acceptors (Lipinski definition) is 7. The van der Waals surface area contributed by atoms with Crippen LogP contribution < -0.4 is 5.73 Å². The van der Waals surface area contributed by atoms with Gasteiger partial charge in [0.2, 0.25) is 0 Å². The SMILES string of the molecule is CC(C)(C)OC(=O)c1ccc(C2=CC3=NC2=CC2=NC(=CC4=NC(=CC5=NC(=C3)C=C5)C=C4)C=C2)c(N)c1. The minimum atomic E-state index is -0.594. The van der Waals surface area contributed by atoms with Crippen LogP contribution in [0.5, 0.6) is 0 Å². The Morgan fingerprint density at radius 3 is 1.82 bits per heavy atom. The molecule has 7 heteroatoms. The Morgan fingerprint density at radius 1 is 0.711 bits per heavy atom. The third-order valence-corrected chi connectivity index (χ3v) is 6.02. The van der Waals surface area contributed by atoms with E-state index in [1.54, 1.807) is 12.1 Å². The van der Waals surface area contributed by atoms with Crippen molar-refractivity contribution in [1.29, 1.82) is 0 Å². The number of anilines is 1. The molecule has 186 valence electrons. The fraction of sp³-hybridized carbons (Fsp3) is 0.129. The van der Waals surface area contributed by atoms with Crippen LogP contribution in [-0.4, -0.2) is 34.4 Å². The molecule has 5 aliphatic rings. The molecule has 0 aliphatic carbocycles. The molecule has 38 heavy (non-hydrogen) atoms. The van der Waals surface area contributed by atoms with Gasteiger partial charge in [-0.2, -0.15) is 0 Å². The van der Waals surface area contributed by atoms with Crippen molar-refractivity contribution in [3.8, 4) is 0 Å². The summed E-state index contributed by atoms with van der Waals surface area (Å²) in [5.41, 5.74) is 14.7. The fourth-order valence-corrected chi connectivity index (χ4v) is 4.39. The Morgan fingerprint density at radius 2 is 1.26 bits per heavy atom. The Hall–Kier alpha value is -4.91. The Balaban J connectivity index is 1.42. The largest absolute Gasteiger partial charge is 0.456 e. The van der Waals surface area contributed by atoms with Gasteiger partial charge in [-0.05, 0) is 99.7 Å². The first-order valence-corrected chi connectivity index (χ1v) is 12.3. The lowest BCUT2D eigenvalue weighted by Gasteiger charge is -2.20. The first-order valence-electron chi connectivity index (χ1n) is 12.3. The molecule has 0 unspecified atom stereocenters. The molecule has 0 amide bonds. The molecule has 5 heterocycles. The molecule has 5 aliphatic heterocycles. The van der Waals surface area contributed by atoms with Crippen LogP contribution in [0.25, 0.3) is 5.57 Å². The zero-order valence-electron chi connectivity index (χ0n) is 21.3. The number of nitrogens with zero attached hydrogens (tertiary/aromatic N) is 4. The highest BCUT2D eigenvalue weighted by Gasteiger charge is 2.22. The molecule has 0 radical (unpaired) electrons. The monoisotopic (exact) mass is 499 g/mol. The average molecular weight is 500 g/mol. The summed E-state index contributed by atoms with van der Waals surface area (Å²) in [5, 5.41) is 0. The number of nitrogens with two attached hydrogens (primary N) is 1. The fourth-order valence-electron chi connectivity index (χ4n) is 4.39. The van der Waals surface area contributed by atoms with E-state index in [4.69, 9.17) is 25.4 Å². The molecule has 0 saturated carbocycles. The normalized spacial score (nSPS) is 19.2. The third kappa shape index (κ3) is 4.86. The van der Waals surface area contributed by atoms with E-state index in [1.165, 1.54) is 0 Å². The van der Waals surface area contributed by atoms with E-state index in [0.717, 1.165) is 56.8 Å². The Labute approximate surface area is 220 Å². The van der Waals surface area contributed by atoms with Gasteiger partial charge in [0.15, 0.2) is 0 Å². The first-order chi connectivity index (χ1) is 18.2. The van der Waals surface area contributed by atoms with Gasteiger partial charge in [-0.15, -0.1) is 0 Å². The number of esters is 1. The molecule has 7 nitrogen and oxygen atoms in total. The zero-order chi connectivity index (χ0) is 26.4.